The molecule has 0 radical (unpaired) electrons. The molecule has 0 saturated heterocycles. The topological polar surface area (TPSA) is 94.1 Å². The lowest BCUT2D eigenvalue weighted by molar-refractivity contribution is 0.0520. The molecule has 1 aromatic carbocycles. The number of aromatic nitrogens is 3. The van der Waals surface area contributed by atoms with E-state index in [1.165, 1.54) is 11.3 Å². The van der Waals surface area contributed by atoms with Crippen LogP contribution in [-0.4, -0.2) is 33.1 Å². The second-order valence-electron chi connectivity index (χ2n) is 4.67. The molecule has 0 unspecified atom stereocenters. The fourth-order valence-corrected chi connectivity index (χ4v) is 3.36. The minimum Gasteiger partial charge on any atom is -0.461 e. The first-order valence-electron chi connectivity index (χ1n) is 7.10. The Hall–Kier alpha value is -2.36. The molecule has 2 aromatic heterocycles. The molecule has 0 aliphatic rings. The summed E-state index contributed by atoms with van der Waals surface area (Å²) in [6.45, 7) is 1.89. The van der Waals surface area contributed by atoms with Gasteiger partial charge in [0.05, 0.1) is 6.61 Å². The van der Waals surface area contributed by atoms with Gasteiger partial charge in [0.1, 0.15) is 10.7 Å². The highest BCUT2D eigenvalue weighted by molar-refractivity contribution is 7.13. The molecule has 0 aliphatic heterocycles. The third kappa shape index (κ3) is 4.01. The lowest BCUT2D eigenvalue weighted by Crippen LogP contribution is -2.15. The molecule has 1 N–H and O–H groups in total. The number of amides is 1. The van der Waals surface area contributed by atoms with Crippen molar-refractivity contribution >= 4 is 51.3 Å². The van der Waals surface area contributed by atoms with Crippen molar-refractivity contribution in [3.05, 3.63) is 46.1 Å². The van der Waals surface area contributed by atoms with Crippen molar-refractivity contribution in [2.45, 2.75) is 6.92 Å². The zero-order valence-electron chi connectivity index (χ0n) is 12.9. The Morgan fingerprint density at radius 1 is 1.28 bits per heavy atom. The summed E-state index contributed by atoms with van der Waals surface area (Å²) in [5.41, 5.74) is 1.08. The van der Waals surface area contributed by atoms with Crippen molar-refractivity contribution in [2.24, 2.45) is 0 Å². The maximum absolute atomic E-state index is 12.4. The van der Waals surface area contributed by atoms with Crippen molar-refractivity contribution in [1.82, 2.24) is 14.6 Å². The van der Waals surface area contributed by atoms with Crippen LogP contribution in [0.5, 0.6) is 0 Å². The van der Waals surface area contributed by atoms with E-state index in [2.05, 4.69) is 19.9 Å². The van der Waals surface area contributed by atoms with Crippen molar-refractivity contribution in [2.75, 3.05) is 11.9 Å². The van der Waals surface area contributed by atoms with E-state index in [1.807, 2.05) is 12.1 Å². The Morgan fingerprint density at radius 3 is 2.76 bits per heavy atom. The summed E-state index contributed by atoms with van der Waals surface area (Å²) >= 11 is 8.10. The van der Waals surface area contributed by atoms with Gasteiger partial charge in [0.2, 0.25) is 5.69 Å². The number of anilines is 1. The first-order chi connectivity index (χ1) is 12.1. The smallest absolute Gasteiger partial charge is 0.362 e. The minimum atomic E-state index is -0.633. The number of thiazole rings is 1. The SMILES string of the molecule is CCOC(=O)c1nnsc1NC(=O)c1csc(-c2ccc(Cl)cc2)n1. The van der Waals surface area contributed by atoms with Crippen LogP contribution in [0, 0.1) is 0 Å². The molecule has 0 fully saturated rings. The highest BCUT2D eigenvalue weighted by atomic mass is 35.5. The van der Waals surface area contributed by atoms with Gasteiger partial charge in [0.25, 0.3) is 5.91 Å². The van der Waals surface area contributed by atoms with Gasteiger partial charge in [-0.3, -0.25) is 4.79 Å². The van der Waals surface area contributed by atoms with Crippen LogP contribution in [0.1, 0.15) is 27.9 Å². The van der Waals surface area contributed by atoms with E-state index in [1.54, 1.807) is 24.4 Å². The summed E-state index contributed by atoms with van der Waals surface area (Å²) in [4.78, 5) is 28.4. The highest BCUT2D eigenvalue weighted by Gasteiger charge is 2.21. The minimum absolute atomic E-state index is 0.0200. The number of ether oxygens (including phenoxy) is 1. The molecule has 7 nitrogen and oxygen atoms in total. The third-order valence-electron chi connectivity index (χ3n) is 3.01. The molecule has 25 heavy (non-hydrogen) atoms. The summed E-state index contributed by atoms with van der Waals surface area (Å²) in [6.07, 6.45) is 0. The molecule has 0 atom stereocenters. The number of hydrogen-bond acceptors (Lipinski definition) is 8. The van der Waals surface area contributed by atoms with Crippen LogP contribution in [-0.2, 0) is 4.74 Å². The zero-order valence-corrected chi connectivity index (χ0v) is 15.2. The van der Waals surface area contributed by atoms with Gasteiger partial charge < -0.3 is 10.1 Å². The van der Waals surface area contributed by atoms with Gasteiger partial charge in [-0.15, -0.1) is 16.4 Å². The largest absolute Gasteiger partial charge is 0.461 e. The van der Waals surface area contributed by atoms with Crippen molar-refractivity contribution < 1.29 is 14.3 Å². The molecule has 0 saturated carbocycles. The molecular weight excluding hydrogens is 384 g/mol. The van der Waals surface area contributed by atoms with Crippen molar-refractivity contribution in [3.8, 4) is 10.6 Å². The van der Waals surface area contributed by atoms with Crippen LogP contribution < -0.4 is 5.32 Å². The normalized spacial score (nSPS) is 10.5. The van der Waals surface area contributed by atoms with Crippen molar-refractivity contribution in [3.63, 3.8) is 0 Å². The van der Waals surface area contributed by atoms with Gasteiger partial charge >= 0.3 is 5.97 Å². The lowest BCUT2D eigenvalue weighted by Gasteiger charge is -2.02. The van der Waals surface area contributed by atoms with Crippen LogP contribution >= 0.6 is 34.5 Å². The molecule has 0 bridgehead atoms. The first-order valence-corrected chi connectivity index (χ1v) is 9.14. The van der Waals surface area contributed by atoms with Gasteiger partial charge in [-0.25, -0.2) is 9.78 Å². The van der Waals surface area contributed by atoms with E-state index in [9.17, 15) is 9.59 Å². The third-order valence-corrected chi connectivity index (χ3v) is 4.80. The molecule has 0 aliphatic carbocycles. The summed E-state index contributed by atoms with van der Waals surface area (Å²) in [5.74, 6) is -1.08. The lowest BCUT2D eigenvalue weighted by atomic mass is 10.2. The number of carbonyl (C=O) groups excluding carboxylic acids is 2. The molecule has 0 spiro atoms. The average molecular weight is 395 g/mol. The predicted molar refractivity (Wildman–Crippen MR) is 96.4 cm³/mol. The second kappa shape index (κ2) is 7.68. The molecule has 128 valence electrons. The maximum atomic E-state index is 12.4. The number of esters is 1. The summed E-state index contributed by atoms with van der Waals surface area (Å²) < 4.78 is 8.55. The van der Waals surface area contributed by atoms with Gasteiger partial charge in [0, 0.05) is 27.5 Å². The highest BCUT2D eigenvalue weighted by Crippen LogP contribution is 2.26. The Morgan fingerprint density at radius 2 is 2.04 bits per heavy atom. The average Bonchev–Trinajstić information content (AvgIpc) is 3.25. The van der Waals surface area contributed by atoms with Crippen LogP contribution in [0.15, 0.2) is 29.6 Å². The fraction of sp³-hybridized carbons (Fsp3) is 0.133. The first kappa shape index (κ1) is 17.5. The van der Waals surface area contributed by atoms with Crippen LogP contribution in [0.4, 0.5) is 5.00 Å². The van der Waals surface area contributed by atoms with Crippen LogP contribution in [0.3, 0.4) is 0 Å². The quantitative estimate of drug-likeness (QED) is 0.662. The van der Waals surface area contributed by atoms with E-state index in [4.69, 9.17) is 16.3 Å². The van der Waals surface area contributed by atoms with E-state index >= 15 is 0 Å². The Labute approximate surface area is 155 Å². The van der Waals surface area contributed by atoms with E-state index in [-0.39, 0.29) is 23.0 Å². The predicted octanol–water partition coefficient (Wildman–Crippen LogP) is 3.74. The molecule has 3 rings (SSSR count). The number of nitrogens with zero attached hydrogens (tertiary/aromatic N) is 3. The summed E-state index contributed by atoms with van der Waals surface area (Å²) in [7, 11) is 0. The van der Waals surface area contributed by atoms with E-state index < -0.39 is 11.9 Å². The monoisotopic (exact) mass is 394 g/mol. The van der Waals surface area contributed by atoms with Gasteiger partial charge in [-0.05, 0) is 19.1 Å². The summed E-state index contributed by atoms with van der Waals surface area (Å²) in [5, 5.41) is 9.47. The number of rotatable bonds is 5. The number of carbonyl (C=O) groups is 2. The van der Waals surface area contributed by atoms with Gasteiger partial charge in [-0.1, -0.05) is 28.2 Å². The molecule has 2 heterocycles. The number of hydrogen-bond donors (Lipinski definition) is 1. The summed E-state index contributed by atoms with van der Waals surface area (Å²) in [6, 6.07) is 7.17. The number of nitrogens with one attached hydrogen (secondary N) is 1. The van der Waals surface area contributed by atoms with E-state index in [0.717, 1.165) is 17.1 Å². The standard InChI is InChI=1S/C15H11ClN4O3S2/c1-2-23-15(22)11-14(25-20-19-11)18-12(21)10-7-24-13(17-10)8-3-5-9(16)6-4-8/h3-7H,2H2,1H3,(H,18,21). The molecule has 3 aromatic rings. The molecule has 1 amide bonds. The second-order valence-corrected chi connectivity index (χ2v) is 6.72. The zero-order chi connectivity index (χ0) is 17.8. The fourth-order valence-electron chi connectivity index (χ4n) is 1.88. The maximum Gasteiger partial charge on any atom is 0.362 e. The number of halogens is 1. The Kier molecular flexibility index (Phi) is 5.37. The number of benzene rings is 1. The Balaban J connectivity index is 1.76. The molecular formula is C15H11ClN4O3S2. The Bertz CT molecular complexity index is 908. The van der Waals surface area contributed by atoms with Crippen molar-refractivity contribution in [1.29, 1.82) is 0 Å². The molecule has 10 heteroatoms. The van der Waals surface area contributed by atoms with Crippen LogP contribution in [0.2, 0.25) is 5.02 Å². The van der Waals surface area contributed by atoms with Gasteiger partial charge in [0.15, 0.2) is 5.00 Å². The van der Waals surface area contributed by atoms with Crippen LogP contribution in [0.25, 0.3) is 10.6 Å². The van der Waals surface area contributed by atoms with Gasteiger partial charge in [-0.2, -0.15) is 0 Å². The van der Waals surface area contributed by atoms with E-state index in [0.29, 0.717) is 10.0 Å².